The predicted molar refractivity (Wildman–Crippen MR) is 76.4 cm³/mol. The van der Waals surface area contributed by atoms with E-state index in [0.717, 1.165) is 26.2 Å². The van der Waals surface area contributed by atoms with Gasteiger partial charge in [-0.1, -0.05) is 18.2 Å². The second kappa shape index (κ2) is 4.85. The second-order valence-electron chi connectivity index (χ2n) is 6.77. The summed E-state index contributed by atoms with van der Waals surface area (Å²) in [5.74, 6) is 0.109. The number of hydrogen-bond donors (Lipinski definition) is 1. The molecule has 0 aromatic rings. The van der Waals surface area contributed by atoms with E-state index in [1.54, 1.807) is 0 Å². The number of aliphatic imine (C=N–C) groups is 1. The van der Waals surface area contributed by atoms with Crippen molar-refractivity contribution in [3.8, 4) is 0 Å². The molecular formula is C14H18F4N2OS. The summed E-state index contributed by atoms with van der Waals surface area (Å²) in [5.41, 5.74) is -3.62. The third-order valence-corrected chi connectivity index (χ3v) is 6.74. The van der Waals surface area contributed by atoms with E-state index in [0.29, 0.717) is 30.5 Å². The lowest BCUT2D eigenvalue weighted by Gasteiger charge is -2.35. The molecule has 0 aromatic heterocycles. The van der Waals surface area contributed by atoms with Crippen LogP contribution in [0.25, 0.3) is 0 Å². The predicted octanol–water partition coefficient (Wildman–Crippen LogP) is 3.44. The minimum atomic E-state index is -5.12. The molecule has 5 atom stereocenters. The fourth-order valence-electron chi connectivity index (χ4n) is 3.64. The third-order valence-electron chi connectivity index (χ3n) is 5.37. The van der Waals surface area contributed by atoms with Gasteiger partial charge in [0.25, 0.3) is 0 Å². The molecule has 1 N–H and O–H groups in total. The fourth-order valence-corrected chi connectivity index (χ4v) is 4.81. The van der Waals surface area contributed by atoms with Gasteiger partial charge < -0.3 is 5.32 Å². The summed E-state index contributed by atoms with van der Waals surface area (Å²) in [6.45, 7) is 1.41. The van der Waals surface area contributed by atoms with Crippen LogP contribution in [0, 0.1) is 11.8 Å². The van der Waals surface area contributed by atoms with Crippen molar-refractivity contribution in [2.45, 2.75) is 62.2 Å². The average molecular weight is 338 g/mol. The van der Waals surface area contributed by atoms with E-state index >= 15 is 0 Å². The molecule has 1 heterocycles. The van der Waals surface area contributed by atoms with Gasteiger partial charge in [0, 0.05) is 0 Å². The molecule has 2 bridgehead atoms. The van der Waals surface area contributed by atoms with Crippen LogP contribution in [-0.2, 0) is 4.79 Å². The number of rotatable bonds is 2. The third kappa shape index (κ3) is 2.25. The van der Waals surface area contributed by atoms with Crippen molar-refractivity contribution in [1.82, 2.24) is 5.32 Å². The number of amidine groups is 1. The summed E-state index contributed by atoms with van der Waals surface area (Å²) in [5, 5.41) is 2.47. The van der Waals surface area contributed by atoms with Crippen LogP contribution in [0.2, 0.25) is 0 Å². The number of fused-ring (bicyclic) bond motifs is 2. The number of nitrogens with one attached hydrogen (secondary N) is 1. The number of halogens is 4. The van der Waals surface area contributed by atoms with Gasteiger partial charge in [-0.3, -0.25) is 9.79 Å². The van der Waals surface area contributed by atoms with E-state index in [1.807, 2.05) is 0 Å². The highest BCUT2D eigenvalue weighted by Crippen LogP contribution is 2.52. The zero-order valence-electron chi connectivity index (χ0n) is 12.3. The molecule has 1 saturated heterocycles. The molecule has 2 saturated carbocycles. The summed E-state index contributed by atoms with van der Waals surface area (Å²) < 4.78 is 50.9. The molecule has 3 fully saturated rings. The maximum absolute atomic E-state index is 14.3. The molecule has 3 aliphatic rings. The number of carbonyl (C=O) groups excluding carboxylic acids is 1. The summed E-state index contributed by atoms with van der Waals surface area (Å²) in [7, 11) is 0. The smallest absolute Gasteiger partial charge is 0.304 e. The van der Waals surface area contributed by atoms with E-state index in [4.69, 9.17) is 0 Å². The van der Waals surface area contributed by atoms with Gasteiger partial charge in [-0.25, -0.2) is 4.39 Å². The SMILES string of the molecule is CC1(C(C)(F)C(F)(F)F)SC(=N[C@H]2C[C@@H]3CC[C@H]2C3)NC1=O. The normalized spacial score (nSPS) is 42.7. The van der Waals surface area contributed by atoms with Crippen molar-refractivity contribution < 1.29 is 22.4 Å². The minimum absolute atomic E-state index is 0.0423. The van der Waals surface area contributed by atoms with Crippen molar-refractivity contribution in [2.75, 3.05) is 0 Å². The van der Waals surface area contributed by atoms with Gasteiger partial charge >= 0.3 is 6.18 Å². The zero-order chi connectivity index (χ0) is 16.3. The van der Waals surface area contributed by atoms with Crippen molar-refractivity contribution in [3.05, 3.63) is 0 Å². The monoisotopic (exact) mass is 338 g/mol. The molecule has 1 amide bonds. The number of carbonyl (C=O) groups is 1. The Morgan fingerprint density at radius 1 is 1.27 bits per heavy atom. The quantitative estimate of drug-likeness (QED) is 0.784. The van der Waals surface area contributed by atoms with Gasteiger partial charge in [-0.2, -0.15) is 13.2 Å². The van der Waals surface area contributed by atoms with E-state index in [1.165, 1.54) is 6.42 Å². The Morgan fingerprint density at radius 3 is 2.45 bits per heavy atom. The molecule has 0 radical (unpaired) electrons. The zero-order valence-corrected chi connectivity index (χ0v) is 13.2. The summed E-state index contributed by atoms with van der Waals surface area (Å²) in [4.78, 5) is 16.4. The van der Waals surface area contributed by atoms with Gasteiger partial charge in [-0.15, -0.1) is 0 Å². The Labute approximate surface area is 130 Å². The topological polar surface area (TPSA) is 41.5 Å². The number of nitrogens with zero attached hydrogens (tertiary/aromatic N) is 1. The standard InChI is InChI=1S/C14H18F4N2OS/c1-12(13(2,15)14(16,17)18)10(21)20-11(22-12)19-9-6-7-3-4-8(9)5-7/h7-9H,3-6H2,1-2H3,(H,19,20,21)/t7-,8+,9+,12?,13?/m1/s1. The van der Waals surface area contributed by atoms with Gasteiger partial charge in [0.15, 0.2) is 5.17 Å². The molecule has 22 heavy (non-hydrogen) atoms. The molecule has 3 rings (SSSR count). The number of alkyl halides is 4. The molecule has 124 valence electrons. The maximum Gasteiger partial charge on any atom is 0.424 e. The van der Waals surface area contributed by atoms with E-state index < -0.39 is 22.5 Å². The Balaban J connectivity index is 1.81. The van der Waals surface area contributed by atoms with Gasteiger partial charge in [0.1, 0.15) is 4.75 Å². The summed E-state index contributed by atoms with van der Waals surface area (Å²) in [6.07, 6.45) is -0.854. The first-order valence-electron chi connectivity index (χ1n) is 7.38. The van der Waals surface area contributed by atoms with Crippen LogP contribution in [0.5, 0.6) is 0 Å². The minimum Gasteiger partial charge on any atom is -0.304 e. The lowest BCUT2D eigenvalue weighted by atomic mass is 9.90. The van der Waals surface area contributed by atoms with Crippen LogP contribution in [0.4, 0.5) is 17.6 Å². The van der Waals surface area contributed by atoms with Crippen molar-refractivity contribution in [2.24, 2.45) is 16.8 Å². The highest BCUT2D eigenvalue weighted by Gasteiger charge is 2.69. The molecule has 1 aliphatic heterocycles. The number of amides is 1. The molecule has 3 nitrogen and oxygen atoms in total. The van der Waals surface area contributed by atoms with Crippen molar-refractivity contribution in [3.63, 3.8) is 0 Å². The van der Waals surface area contributed by atoms with E-state index in [-0.39, 0.29) is 11.2 Å². The first kappa shape index (κ1) is 16.1. The van der Waals surface area contributed by atoms with Crippen LogP contribution in [0.3, 0.4) is 0 Å². The van der Waals surface area contributed by atoms with Crippen LogP contribution >= 0.6 is 11.8 Å². The molecule has 0 spiro atoms. The Kier molecular flexibility index (Phi) is 3.55. The summed E-state index contributed by atoms with van der Waals surface area (Å²) in [6, 6.07) is 0.0423. The molecule has 8 heteroatoms. The van der Waals surface area contributed by atoms with Crippen LogP contribution in [0.15, 0.2) is 4.99 Å². The van der Waals surface area contributed by atoms with Gasteiger partial charge in [-0.05, 0) is 44.9 Å². The van der Waals surface area contributed by atoms with E-state index in [9.17, 15) is 22.4 Å². The fraction of sp³-hybridized carbons (Fsp3) is 0.857. The van der Waals surface area contributed by atoms with Gasteiger partial charge in [0.05, 0.1) is 6.04 Å². The molecule has 2 unspecified atom stereocenters. The van der Waals surface area contributed by atoms with Crippen LogP contribution in [-0.4, -0.2) is 33.7 Å². The highest BCUT2D eigenvalue weighted by atomic mass is 32.2. The molecule has 0 aromatic carbocycles. The first-order chi connectivity index (χ1) is 10.0. The Hall–Kier alpha value is -0.790. The van der Waals surface area contributed by atoms with Crippen molar-refractivity contribution >= 4 is 22.8 Å². The average Bonchev–Trinajstić information content (AvgIpc) is 3.04. The lowest BCUT2D eigenvalue weighted by molar-refractivity contribution is -0.232. The van der Waals surface area contributed by atoms with Crippen molar-refractivity contribution in [1.29, 1.82) is 0 Å². The largest absolute Gasteiger partial charge is 0.424 e. The highest BCUT2D eigenvalue weighted by molar-refractivity contribution is 8.16. The maximum atomic E-state index is 14.3. The molecule has 2 aliphatic carbocycles. The Morgan fingerprint density at radius 2 is 1.95 bits per heavy atom. The number of hydrogen-bond acceptors (Lipinski definition) is 3. The number of thioether (sulfide) groups is 1. The summed E-state index contributed by atoms with van der Waals surface area (Å²) >= 11 is 0.563. The van der Waals surface area contributed by atoms with Gasteiger partial charge in [0.2, 0.25) is 11.6 Å². The van der Waals surface area contributed by atoms with Crippen LogP contribution < -0.4 is 5.32 Å². The second-order valence-corrected chi connectivity index (χ2v) is 8.17. The van der Waals surface area contributed by atoms with Crippen LogP contribution in [0.1, 0.15) is 39.5 Å². The first-order valence-corrected chi connectivity index (χ1v) is 8.20. The Bertz CT molecular complexity index is 533. The molecular weight excluding hydrogens is 320 g/mol. The van der Waals surface area contributed by atoms with E-state index in [2.05, 4.69) is 10.3 Å². The lowest BCUT2D eigenvalue weighted by Crippen LogP contribution is -2.58.